The molecule has 15 heavy (non-hydrogen) atoms. The molecule has 0 aromatic heterocycles. The summed E-state index contributed by atoms with van der Waals surface area (Å²) in [6.07, 6.45) is 0.913. The molecule has 0 amide bonds. The van der Waals surface area contributed by atoms with E-state index in [0.29, 0.717) is 5.75 Å². The average Bonchev–Trinajstić information content (AvgIpc) is 2.17. The summed E-state index contributed by atoms with van der Waals surface area (Å²) in [7, 11) is 1.54. The van der Waals surface area contributed by atoms with E-state index in [1.807, 2.05) is 13.8 Å². The minimum atomic E-state index is -3.68. The molecule has 0 heterocycles. The van der Waals surface area contributed by atoms with E-state index in [-0.39, 0.29) is 11.0 Å². The van der Waals surface area contributed by atoms with Gasteiger partial charge in [-0.25, -0.2) is 8.42 Å². The van der Waals surface area contributed by atoms with Gasteiger partial charge in [0.2, 0.25) is 0 Å². The standard InChI is InChI=1S/C10H13ClO3S/c1-3-8(2)14-9-5-4-6-10(7-9)15(11,12)13/h4-8H,3H2,1-2H3/t8-/m0/s1. The van der Waals surface area contributed by atoms with Gasteiger partial charge in [-0.2, -0.15) is 0 Å². The minimum Gasteiger partial charge on any atom is -0.491 e. The molecule has 1 rings (SSSR count). The SMILES string of the molecule is CC[C@H](C)Oc1cccc(S(=O)(=O)Cl)c1. The van der Waals surface area contributed by atoms with Gasteiger partial charge in [-0.1, -0.05) is 13.0 Å². The Balaban J connectivity index is 2.94. The summed E-state index contributed by atoms with van der Waals surface area (Å²) < 4.78 is 27.6. The number of benzene rings is 1. The van der Waals surface area contributed by atoms with Gasteiger partial charge in [-0.3, -0.25) is 0 Å². The summed E-state index contributed by atoms with van der Waals surface area (Å²) in [6.45, 7) is 3.91. The van der Waals surface area contributed by atoms with Crippen LogP contribution in [-0.2, 0) is 9.05 Å². The van der Waals surface area contributed by atoms with Crippen molar-refractivity contribution in [3.05, 3.63) is 24.3 Å². The van der Waals surface area contributed by atoms with Crippen LogP contribution in [0, 0.1) is 0 Å². The molecule has 1 aromatic carbocycles. The Morgan fingerprint density at radius 1 is 1.47 bits per heavy atom. The fraction of sp³-hybridized carbons (Fsp3) is 0.400. The predicted molar refractivity (Wildman–Crippen MR) is 59.9 cm³/mol. The highest BCUT2D eigenvalue weighted by molar-refractivity contribution is 8.13. The van der Waals surface area contributed by atoms with Crippen LogP contribution < -0.4 is 4.74 Å². The van der Waals surface area contributed by atoms with E-state index in [1.54, 1.807) is 12.1 Å². The fourth-order valence-corrected chi connectivity index (χ4v) is 1.80. The van der Waals surface area contributed by atoms with Crippen molar-refractivity contribution in [2.75, 3.05) is 0 Å². The number of halogens is 1. The third-order valence-electron chi connectivity index (χ3n) is 2.00. The molecule has 0 spiro atoms. The summed E-state index contributed by atoms with van der Waals surface area (Å²) in [5.41, 5.74) is 0. The van der Waals surface area contributed by atoms with Crippen molar-refractivity contribution in [1.82, 2.24) is 0 Å². The first-order valence-corrected chi connectivity index (χ1v) is 6.96. The predicted octanol–water partition coefficient (Wildman–Crippen LogP) is 2.79. The lowest BCUT2D eigenvalue weighted by Crippen LogP contribution is -2.09. The molecular weight excluding hydrogens is 236 g/mol. The molecule has 0 unspecified atom stereocenters. The van der Waals surface area contributed by atoms with Crippen molar-refractivity contribution in [2.24, 2.45) is 0 Å². The van der Waals surface area contributed by atoms with E-state index in [9.17, 15) is 8.42 Å². The van der Waals surface area contributed by atoms with E-state index in [4.69, 9.17) is 15.4 Å². The van der Waals surface area contributed by atoms with Gasteiger partial charge in [0, 0.05) is 16.7 Å². The van der Waals surface area contributed by atoms with Gasteiger partial charge in [0.05, 0.1) is 11.0 Å². The van der Waals surface area contributed by atoms with Gasteiger partial charge in [-0.05, 0) is 25.5 Å². The van der Waals surface area contributed by atoms with Crippen LogP contribution in [0.1, 0.15) is 20.3 Å². The molecule has 0 N–H and O–H groups in total. The van der Waals surface area contributed by atoms with Crippen molar-refractivity contribution >= 4 is 19.7 Å². The molecule has 0 aliphatic heterocycles. The van der Waals surface area contributed by atoms with E-state index >= 15 is 0 Å². The highest BCUT2D eigenvalue weighted by Crippen LogP contribution is 2.21. The Labute approximate surface area is 94.4 Å². The Bertz CT molecular complexity index is 428. The first kappa shape index (κ1) is 12.3. The minimum absolute atomic E-state index is 0.0540. The zero-order valence-electron chi connectivity index (χ0n) is 8.60. The first-order valence-electron chi connectivity index (χ1n) is 4.65. The van der Waals surface area contributed by atoms with Crippen LogP contribution in [0.5, 0.6) is 5.75 Å². The Kier molecular flexibility index (Phi) is 3.99. The van der Waals surface area contributed by atoms with E-state index in [0.717, 1.165) is 6.42 Å². The monoisotopic (exact) mass is 248 g/mol. The van der Waals surface area contributed by atoms with Crippen molar-refractivity contribution < 1.29 is 13.2 Å². The summed E-state index contributed by atoms with van der Waals surface area (Å²) >= 11 is 0. The van der Waals surface area contributed by atoms with Crippen molar-refractivity contribution in [3.63, 3.8) is 0 Å². The number of hydrogen-bond donors (Lipinski definition) is 0. The zero-order valence-corrected chi connectivity index (χ0v) is 10.2. The lowest BCUT2D eigenvalue weighted by molar-refractivity contribution is 0.217. The maximum atomic E-state index is 11.1. The Morgan fingerprint density at radius 3 is 2.67 bits per heavy atom. The molecule has 0 saturated heterocycles. The molecule has 0 aliphatic carbocycles. The maximum absolute atomic E-state index is 11.1. The number of hydrogen-bond acceptors (Lipinski definition) is 3. The van der Waals surface area contributed by atoms with Crippen LogP contribution in [0.25, 0.3) is 0 Å². The highest BCUT2D eigenvalue weighted by Gasteiger charge is 2.11. The molecule has 5 heteroatoms. The number of rotatable bonds is 4. The normalized spacial score (nSPS) is 13.5. The smallest absolute Gasteiger partial charge is 0.261 e. The molecule has 1 atom stereocenters. The molecule has 84 valence electrons. The first-order chi connectivity index (χ1) is 6.93. The maximum Gasteiger partial charge on any atom is 0.261 e. The van der Waals surface area contributed by atoms with Crippen LogP contribution in [-0.4, -0.2) is 14.5 Å². The van der Waals surface area contributed by atoms with Gasteiger partial charge < -0.3 is 4.74 Å². The topological polar surface area (TPSA) is 43.4 Å². The molecule has 0 aliphatic rings. The van der Waals surface area contributed by atoms with Crippen molar-refractivity contribution in [1.29, 1.82) is 0 Å². The van der Waals surface area contributed by atoms with Crippen LogP contribution in [0.15, 0.2) is 29.2 Å². The molecule has 0 bridgehead atoms. The lowest BCUT2D eigenvalue weighted by Gasteiger charge is -2.12. The zero-order chi connectivity index (χ0) is 11.5. The molecular formula is C10H13ClO3S. The summed E-state index contributed by atoms with van der Waals surface area (Å²) in [4.78, 5) is 0.0602. The third kappa shape index (κ3) is 3.72. The Hall–Kier alpha value is -0.740. The van der Waals surface area contributed by atoms with E-state index < -0.39 is 9.05 Å². The largest absolute Gasteiger partial charge is 0.491 e. The van der Waals surface area contributed by atoms with E-state index in [1.165, 1.54) is 12.1 Å². The van der Waals surface area contributed by atoms with Crippen LogP contribution in [0.2, 0.25) is 0 Å². The Morgan fingerprint density at radius 2 is 2.13 bits per heavy atom. The average molecular weight is 249 g/mol. The van der Waals surface area contributed by atoms with Crippen LogP contribution in [0.3, 0.4) is 0 Å². The van der Waals surface area contributed by atoms with Gasteiger partial charge in [0.15, 0.2) is 0 Å². The quantitative estimate of drug-likeness (QED) is 0.770. The molecule has 3 nitrogen and oxygen atoms in total. The molecule has 0 saturated carbocycles. The van der Waals surface area contributed by atoms with E-state index in [2.05, 4.69) is 0 Å². The molecule has 1 aromatic rings. The summed E-state index contributed by atoms with van der Waals surface area (Å²) in [5.74, 6) is 0.520. The summed E-state index contributed by atoms with van der Waals surface area (Å²) in [6, 6.07) is 6.17. The van der Waals surface area contributed by atoms with Crippen LogP contribution in [0.4, 0.5) is 0 Å². The number of ether oxygens (including phenoxy) is 1. The fourth-order valence-electron chi connectivity index (χ4n) is 1.01. The molecule has 0 fully saturated rings. The molecule has 0 radical (unpaired) electrons. The third-order valence-corrected chi connectivity index (χ3v) is 3.35. The highest BCUT2D eigenvalue weighted by atomic mass is 35.7. The van der Waals surface area contributed by atoms with Gasteiger partial charge >= 0.3 is 0 Å². The lowest BCUT2D eigenvalue weighted by atomic mass is 10.3. The second-order valence-electron chi connectivity index (χ2n) is 3.25. The van der Waals surface area contributed by atoms with Crippen molar-refractivity contribution in [3.8, 4) is 5.75 Å². The van der Waals surface area contributed by atoms with Crippen molar-refractivity contribution in [2.45, 2.75) is 31.3 Å². The van der Waals surface area contributed by atoms with Crippen LogP contribution >= 0.6 is 10.7 Å². The summed E-state index contributed by atoms with van der Waals surface area (Å²) in [5, 5.41) is 0. The van der Waals surface area contributed by atoms with Gasteiger partial charge in [-0.15, -0.1) is 0 Å². The van der Waals surface area contributed by atoms with Gasteiger partial charge in [0.1, 0.15) is 5.75 Å². The second kappa shape index (κ2) is 4.86. The van der Waals surface area contributed by atoms with Gasteiger partial charge in [0.25, 0.3) is 9.05 Å². The second-order valence-corrected chi connectivity index (χ2v) is 5.82.